The van der Waals surface area contributed by atoms with E-state index in [0.29, 0.717) is 11.8 Å². The Balaban J connectivity index is 1.61. The van der Waals surface area contributed by atoms with E-state index >= 15 is 0 Å². The molecule has 3 aliphatic rings. The molecule has 33 heavy (non-hydrogen) atoms. The number of aromatic nitrogens is 2. The van der Waals surface area contributed by atoms with Gasteiger partial charge in [-0.15, -0.1) is 0 Å². The quantitative estimate of drug-likeness (QED) is 0.411. The largest absolute Gasteiger partial charge is 0.380 e. The molecule has 0 radical (unpaired) electrons. The molecule has 2 aromatic heterocycles. The SMILES string of the molecule is CC1(C)[C@@H]2C[C@H]1c1ccc(-c3ccccn3)nc1[C@H]2C(O)(c1ccccc1)c1ccccc1. The normalized spacial score (nSPS) is 22.8. The second kappa shape index (κ2) is 7.36. The van der Waals surface area contributed by atoms with Gasteiger partial charge in [0.2, 0.25) is 0 Å². The summed E-state index contributed by atoms with van der Waals surface area (Å²) in [5, 5.41) is 12.8. The van der Waals surface area contributed by atoms with Crippen molar-refractivity contribution in [1.29, 1.82) is 0 Å². The van der Waals surface area contributed by atoms with Crippen molar-refractivity contribution in [2.24, 2.45) is 11.3 Å². The molecule has 1 saturated carbocycles. The summed E-state index contributed by atoms with van der Waals surface area (Å²) in [7, 11) is 0. The molecule has 3 aliphatic carbocycles. The Morgan fingerprint density at radius 2 is 1.42 bits per heavy atom. The summed E-state index contributed by atoms with van der Waals surface area (Å²) in [4.78, 5) is 9.74. The molecule has 2 bridgehead atoms. The lowest BCUT2D eigenvalue weighted by Gasteiger charge is -2.62. The number of hydrogen-bond donors (Lipinski definition) is 1. The molecule has 2 aromatic carbocycles. The zero-order chi connectivity index (χ0) is 22.6. The molecule has 164 valence electrons. The van der Waals surface area contributed by atoms with Crippen molar-refractivity contribution in [2.45, 2.75) is 37.7 Å². The molecule has 0 saturated heterocycles. The Bertz CT molecular complexity index is 1250. The minimum Gasteiger partial charge on any atom is -0.380 e. The van der Waals surface area contributed by atoms with Crippen molar-refractivity contribution < 1.29 is 5.11 Å². The fraction of sp³-hybridized carbons (Fsp3) is 0.267. The first kappa shape index (κ1) is 20.3. The Labute approximate surface area is 195 Å². The Morgan fingerprint density at radius 1 is 0.788 bits per heavy atom. The fourth-order valence-electron chi connectivity index (χ4n) is 6.33. The zero-order valence-electron chi connectivity index (χ0n) is 19.0. The third-order valence-electron chi connectivity index (χ3n) is 8.18. The summed E-state index contributed by atoms with van der Waals surface area (Å²) < 4.78 is 0. The van der Waals surface area contributed by atoms with Crippen LogP contribution < -0.4 is 0 Å². The summed E-state index contributed by atoms with van der Waals surface area (Å²) in [6.45, 7) is 4.70. The summed E-state index contributed by atoms with van der Waals surface area (Å²) in [5.41, 5.74) is 4.77. The highest BCUT2D eigenvalue weighted by Gasteiger charge is 2.63. The van der Waals surface area contributed by atoms with E-state index < -0.39 is 5.60 Å². The van der Waals surface area contributed by atoms with E-state index in [4.69, 9.17) is 4.98 Å². The molecule has 0 amide bonds. The third kappa shape index (κ3) is 2.92. The fourth-order valence-corrected chi connectivity index (χ4v) is 6.33. The highest BCUT2D eigenvalue weighted by molar-refractivity contribution is 5.58. The predicted molar refractivity (Wildman–Crippen MR) is 131 cm³/mol. The second-order valence-corrected chi connectivity index (χ2v) is 10.1. The molecular weight excluding hydrogens is 404 g/mol. The molecule has 0 aliphatic heterocycles. The average Bonchev–Trinajstić information content (AvgIpc) is 2.88. The van der Waals surface area contributed by atoms with Crippen molar-refractivity contribution in [1.82, 2.24) is 9.97 Å². The molecule has 3 nitrogen and oxygen atoms in total. The highest BCUT2D eigenvalue weighted by atomic mass is 16.3. The highest BCUT2D eigenvalue weighted by Crippen LogP contribution is 2.69. The van der Waals surface area contributed by atoms with Gasteiger partial charge in [0, 0.05) is 12.1 Å². The summed E-state index contributed by atoms with van der Waals surface area (Å²) in [5.74, 6) is 0.641. The standard InChI is InChI=1S/C30H28N2O/c1-29(2)23-19-24(29)27(28-22(23)16-17-26(32-28)25-15-9-10-18-31-25)30(33,20-11-5-3-6-12-20)21-13-7-4-8-14-21/h3-18,23-24,27,33H,19H2,1-2H3/t23-,24+,27-/m0/s1. The first-order chi connectivity index (χ1) is 16.0. The monoisotopic (exact) mass is 432 g/mol. The van der Waals surface area contributed by atoms with Gasteiger partial charge in [0.05, 0.1) is 17.1 Å². The van der Waals surface area contributed by atoms with Crippen molar-refractivity contribution in [3.05, 3.63) is 120 Å². The number of rotatable bonds is 4. The Hall–Kier alpha value is -3.30. The van der Waals surface area contributed by atoms with Gasteiger partial charge in [-0.05, 0) is 58.6 Å². The first-order valence-corrected chi connectivity index (χ1v) is 11.8. The molecule has 4 aromatic rings. The number of pyridine rings is 2. The third-order valence-corrected chi connectivity index (χ3v) is 8.18. The summed E-state index contributed by atoms with van der Waals surface area (Å²) in [6.07, 6.45) is 2.88. The van der Waals surface area contributed by atoms with E-state index in [0.717, 1.165) is 34.6 Å². The van der Waals surface area contributed by atoms with Crippen LogP contribution in [0.25, 0.3) is 11.4 Å². The summed E-state index contributed by atoms with van der Waals surface area (Å²) >= 11 is 0. The van der Waals surface area contributed by atoms with E-state index in [1.807, 2.05) is 78.9 Å². The van der Waals surface area contributed by atoms with Crippen LogP contribution >= 0.6 is 0 Å². The van der Waals surface area contributed by atoms with Gasteiger partial charge in [-0.2, -0.15) is 0 Å². The lowest BCUT2D eigenvalue weighted by Crippen LogP contribution is -2.56. The Morgan fingerprint density at radius 3 is 2.00 bits per heavy atom. The van der Waals surface area contributed by atoms with Crippen LogP contribution in [0.1, 0.15) is 54.5 Å². The molecule has 1 fully saturated rings. The van der Waals surface area contributed by atoms with E-state index in [2.05, 4.69) is 31.0 Å². The maximum absolute atomic E-state index is 12.8. The average molecular weight is 433 g/mol. The Kier molecular flexibility index (Phi) is 4.53. The van der Waals surface area contributed by atoms with Gasteiger partial charge < -0.3 is 5.11 Å². The minimum atomic E-state index is -1.18. The van der Waals surface area contributed by atoms with Gasteiger partial charge in [0.1, 0.15) is 5.60 Å². The van der Waals surface area contributed by atoms with Crippen LogP contribution in [-0.2, 0) is 5.60 Å². The van der Waals surface area contributed by atoms with Gasteiger partial charge in [0.15, 0.2) is 0 Å². The molecule has 1 N–H and O–H groups in total. The smallest absolute Gasteiger partial charge is 0.123 e. The molecule has 3 atom stereocenters. The molecule has 2 heterocycles. The predicted octanol–water partition coefficient (Wildman–Crippen LogP) is 6.31. The topological polar surface area (TPSA) is 46.0 Å². The van der Waals surface area contributed by atoms with Gasteiger partial charge >= 0.3 is 0 Å². The van der Waals surface area contributed by atoms with Crippen molar-refractivity contribution in [2.75, 3.05) is 0 Å². The zero-order valence-corrected chi connectivity index (χ0v) is 19.0. The van der Waals surface area contributed by atoms with Crippen LogP contribution in [0.5, 0.6) is 0 Å². The maximum atomic E-state index is 12.8. The van der Waals surface area contributed by atoms with Crippen molar-refractivity contribution in [3.63, 3.8) is 0 Å². The number of aliphatic hydroxyl groups is 1. The van der Waals surface area contributed by atoms with Crippen LogP contribution in [0, 0.1) is 11.3 Å². The van der Waals surface area contributed by atoms with Gasteiger partial charge in [-0.1, -0.05) is 86.6 Å². The number of hydrogen-bond acceptors (Lipinski definition) is 3. The van der Waals surface area contributed by atoms with Crippen molar-refractivity contribution >= 4 is 0 Å². The van der Waals surface area contributed by atoms with E-state index in [1.54, 1.807) is 6.20 Å². The lowest BCUT2D eigenvalue weighted by atomic mass is 9.42. The molecule has 0 spiro atoms. The second-order valence-electron chi connectivity index (χ2n) is 10.1. The van der Waals surface area contributed by atoms with Gasteiger partial charge in [0.25, 0.3) is 0 Å². The number of nitrogens with zero attached hydrogens (tertiary/aromatic N) is 2. The molecule has 0 unspecified atom stereocenters. The van der Waals surface area contributed by atoms with Crippen LogP contribution in [0.2, 0.25) is 0 Å². The minimum absolute atomic E-state index is 0.101. The van der Waals surface area contributed by atoms with E-state index in [-0.39, 0.29) is 11.3 Å². The first-order valence-electron chi connectivity index (χ1n) is 11.8. The van der Waals surface area contributed by atoms with Gasteiger partial charge in [-0.3, -0.25) is 9.97 Å². The molecular formula is C30H28N2O. The lowest BCUT2D eigenvalue weighted by molar-refractivity contribution is -0.0805. The van der Waals surface area contributed by atoms with Crippen LogP contribution in [0.15, 0.2) is 97.2 Å². The van der Waals surface area contributed by atoms with Crippen LogP contribution in [0.4, 0.5) is 0 Å². The molecule has 3 heteroatoms. The van der Waals surface area contributed by atoms with Crippen molar-refractivity contribution in [3.8, 4) is 11.4 Å². The van der Waals surface area contributed by atoms with Gasteiger partial charge in [-0.25, -0.2) is 0 Å². The van der Waals surface area contributed by atoms with E-state index in [1.165, 1.54) is 5.56 Å². The van der Waals surface area contributed by atoms with Crippen LogP contribution in [-0.4, -0.2) is 15.1 Å². The summed E-state index contributed by atoms with van der Waals surface area (Å²) in [6, 6.07) is 30.5. The molecule has 7 rings (SSSR count). The maximum Gasteiger partial charge on any atom is 0.123 e. The van der Waals surface area contributed by atoms with Crippen LogP contribution in [0.3, 0.4) is 0 Å². The number of benzene rings is 2. The van der Waals surface area contributed by atoms with E-state index in [9.17, 15) is 5.11 Å².